The number of aromatic nitrogens is 4. The number of benzene rings is 1. The fourth-order valence-electron chi connectivity index (χ4n) is 3.23. The third-order valence-electron chi connectivity index (χ3n) is 5.01. The van der Waals surface area contributed by atoms with Gasteiger partial charge in [-0.15, -0.1) is 0 Å². The number of hydrogen-bond donors (Lipinski definition) is 2. The summed E-state index contributed by atoms with van der Waals surface area (Å²) in [4.78, 5) is 24.4. The van der Waals surface area contributed by atoms with Crippen molar-refractivity contribution in [3.8, 4) is 11.3 Å². The first-order chi connectivity index (χ1) is 13.8. The van der Waals surface area contributed by atoms with Crippen molar-refractivity contribution < 1.29 is 4.79 Å². The molecule has 1 aliphatic heterocycles. The van der Waals surface area contributed by atoms with E-state index in [0.717, 1.165) is 42.3 Å². The lowest BCUT2D eigenvalue weighted by Gasteiger charge is -2.33. The summed E-state index contributed by atoms with van der Waals surface area (Å²) in [5, 5.41) is 10.8. The summed E-state index contributed by atoms with van der Waals surface area (Å²) >= 11 is 6.18. The van der Waals surface area contributed by atoms with E-state index in [1.807, 2.05) is 51.1 Å². The van der Waals surface area contributed by atoms with E-state index in [-0.39, 0.29) is 11.6 Å². The molecular formula is C21H23ClN6O. The second-order valence-electron chi connectivity index (χ2n) is 7.79. The van der Waals surface area contributed by atoms with Gasteiger partial charge in [-0.25, -0.2) is 9.97 Å². The number of anilines is 1. The van der Waals surface area contributed by atoms with E-state index in [2.05, 4.69) is 30.4 Å². The molecular weight excluding hydrogens is 388 g/mol. The predicted molar refractivity (Wildman–Crippen MR) is 113 cm³/mol. The second-order valence-corrected chi connectivity index (χ2v) is 8.23. The van der Waals surface area contributed by atoms with E-state index in [4.69, 9.17) is 11.6 Å². The van der Waals surface area contributed by atoms with E-state index < -0.39 is 5.54 Å². The van der Waals surface area contributed by atoms with Crippen LogP contribution < -0.4 is 10.2 Å². The lowest BCUT2D eigenvalue weighted by atomic mass is 10.0. The van der Waals surface area contributed by atoms with Gasteiger partial charge >= 0.3 is 0 Å². The Balaban J connectivity index is 1.67. The zero-order valence-corrected chi connectivity index (χ0v) is 17.4. The van der Waals surface area contributed by atoms with Gasteiger partial charge in [0.15, 0.2) is 5.82 Å². The number of nitrogens with zero attached hydrogens (tertiary/aromatic N) is 4. The van der Waals surface area contributed by atoms with Crippen molar-refractivity contribution in [3.63, 3.8) is 0 Å². The first kappa shape index (κ1) is 19.4. The van der Waals surface area contributed by atoms with Crippen LogP contribution in [0.25, 0.3) is 11.3 Å². The molecule has 2 N–H and O–H groups in total. The standard InChI is InChI=1S/C21H23ClN6O/c1-13-10-17(27-26-13)21(2,3)25-20(29)16-12-23-19(28-8-5-9-28)18(24-16)14-6-4-7-15(22)11-14/h4,6-7,10-12H,5,8-9H2,1-3H3,(H,25,29)(H,26,27). The lowest BCUT2D eigenvalue weighted by Crippen LogP contribution is -2.42. The molecule has 4 rings (SSSR count). The maximum atomic E-state index is 13.0. The third-order valence-corrected chi connectivity index (χ3v) is 5.25. The summed E-state index contributed by atoms with van der Waals surface area (Å²) in [5.74, 6) is 0.471. The Kier molecular flexibility index (Phi) is 5.00. The fourth-order valence-corrected chi connectivity index (χ4v) is 3.42. The topological polar surface area (TPSA) is 86.8 Å². The second kappa shape index (κ2) is 7.48. The van der Waals surface area contributed by atoms with E-state index in [1.54, 1.807) is 0 Å². The molecule has 0 saturated carbocycles. The Morgan fingerprint density at radius 1 is 1.28 bits per heavy atom. The summed E-state index contributed by atoms with van der Waals surface area (Å²) in [6.07, 6.45) is 2.65. The summed E-state index contributed by atoms with van der Waals surface area (Å²) in [6.45, 7) is 7.59. The Morgan fingerprint density at radius 3 is 2.69 bits per heavy atom. The molecule has 0 unspecified atom stereocenters. The minimum absolute atomic E-state index is 0.254. The Hall–Kier alpha value is -2.93. The monoisotopic (exact) mass is 410 g/mol. The molecule has 3 heterocycles. The highest BCUT2D eigenvalue weighted by atomic mass is 35.5. The lowest BCUT2D eigenvalue weighted by molar-refractivity contribution is 0.0905. The third kappa shape index (κ3) is 3.96. The number of H-pyrrole nitrogens is 1. The zero-order valence-electron chi connectivity index (χ0n) is 16.7. The molecule has 0 radical (unpaired) electrons. The van der Waals surface area contributed by atoms with Crippen LogP contribution >= 0.6 is 11.6 Å². The van der Waals surface area contributed by atoms with Crippen LogP contribution in [0.2, 0.25) is 5.02 Å². The van der Waals surface area contributed by atoms with Gasteiger partial charge in [-0.05, 0) is 45.4 Å². The van der Waals surface area contributed by atoms with Crippen molar-refractivity contribution in [1.29, 1.82) is 0 Å². The van der Waals surface area contributed by atoms with E-state index in [1.165, 1.54) is 6.20 Å². The van der Waals surface area contributed by atoms with Crippen LogP contribution in [0.3, 0.4) is 0 Å². The minimum Gasteiger partial charge on any atom is -0.355 e. The average Bonchev–Trinajstić information content (AvgIpc) is 3.07. The maximum Gasteiger partial charge on any atom is 0.272 e. The number of aryl methyl sites for hydroxylation is 1. The Morgan fingerprint density at radius 2 is 2.07 bits per heavy atom. The molecule has 8 heteroatoms. The minimum atomic E-state index is -0.657. The van der Waals surface area contributed by atoms with Crippen molar-refractivity contribution in [2.45, 2.75) is 32.7 Å². The number of carbonyl (C=O) groups excluding carboxylic acids is 1. The normalized spacial score (nSPS) is 13.9. The summed E-state index contributed by atoms with van der Waals surface area (Å²) < 4.78 is 0. The molecule has 7 nitrogen and oxygen atoms in total. The number of carbonyl (C=O) groups is 1. The number of hydrogen-bond acceptors (Lipinski definition) is 5. The largest absolute Gasteiger partial charge is 0.355 e. The number of amides is 1. The van der Waals surface area contributed by atoms with Gasteiger partial charge in [0.2, 0.25) is 0 Å². The van der Waals surface area contributed by atoms with Crippen LogP contribution in [0.4, 0.5) is 5.82 Å². The summed E-state index contributed by atoms with van der Waals surface area (Å²) in [7, 11) is 0. The van der Waals surface area contributed by atoms with Gasteiger partial charge in [0.05, 0.1) is 17.4 Å². The van der Waals surface area contributed by atoms with E-state index >= 15 is 0 Å². The van der Waals surface area contributed by atoms with Gasteiger partial charge in [0.25, 0.3) is 5.91 Å². The first-order valence-electron chi connectivity index (χ1n) is 9.56. The molecule has 0 bridgehead atoms. The Labute approximate surface area is 174 Å². The van der Waals surface area contributed by atoms with Crippen molar-refractivity contribution in [3.05, 3.63) is 58.6 Å². The van der Waals surface area contributed by atoms with Gasteiger partial charge < -0.3 is 10.2 Å². The fraction of sp³-hybridized carbons (Fsp3) is 0.333. The SMILES string of the molecule is Cc1cc(C(C)(C)NC(=O)c2cnc(N3CCC3)c(-c3cccc(Cl)c3)n2)n[nH]1. The van der Waals surface area contributed by atoms with Crippen LogP contribution in [0.15, 0.2) is 36.5 Å². The van der Waals surface area contributed by atoms with Crippen molar-refractivity contribution >= 4 is 23.3 Å². The van der Waals surface area contributed by atoms with Crippen LogP contribution in [0, 0.1) is 6.92 Å². The molecule has 1 saturated heterocycles. The van der Waals surface area contributed by atoms with Crippen LogP contribution in [-0.4, -0.2) is 39.2 Å². The number of nitrogens with one attached hydrogen (secondary N) is 2. The molecule has 150 valence electrons. The molecule has 0 spiro atoms. The number of halogens is 1. The van der Waals surface area contributed by atoms with Crippen LogP contribution in [0.5, 0.6) is 0 Å². The highest BCUT2D eigenvalue weighted by Crippen LogP contribution is 2.31. The van der Waals surface area contributed by atoms with Gasteiger partial charge in [-0.1, -0.05) is 23.7 Å². The van der Waals surface area contributed by atoms with Gasteiger partial charge in [-0.3, -0.25) is 9.89 Å². The summed E-state index contributed by atoms with van der Waals surface area (Å²) in [5.41, 5.74) is 2.78. The maximum absolute atomic E-state index is 13.0. The van der Waals surface area contributed by atoms with Crippen LogP contribution in [-0.2, 0) is 5.54 Å². The number of rotatable bonds is 5. The van der Waals surface area contributed by atoms with Crippen molar-refractivity contribution in [1.82, 2.24) is 25.5 Å². The van der Waals surface area contributed by atoms with Gasteiger partial charge in [0, 0.05) is 29.4 Å². The van der Waals surface area contributed by atoms with Gasteiger partial charge in [-0.2, -0.15) is 5.10 Å². The number of aromatic amines is 1. The molecule has 1 fully saturated rings. The Bertz CT molecular complexity index is 1060. The summed E-state index contributed by atoms with van der Waals surface area (Å²) in [6, 6.07) is 9.36. The molecule has 0 atom stereocenters. The van der Waals surface area contributed by atoms with E-state index in [0.29, 0.717) is 10.7 Å². The molecule has 3 aromatic rings. The zero-order chi connectivity index (χ0) is 20.6. The molecule has 29 heavy (non-hydrogen) atoms. The quantitative estimate of drug-likeness (QED) is 0.669. The van der Waals surface area contributed by atoms with Crippen molar-refractivity contribution in [2.24, 2.45) is 0 Å². The molecule has 1 aliphatic rings. The molecule has 0 aliphatic carbocycles. The first-order valence-corrected chi connectivity index (χ1v) is 9.94. The smallest absolute Gasteiger partial charge is 0.272 e. The highest BCUT2D eigenvalue weighted by Gasteiger charge is 2.28. The average molecular weight is 411 g/mol. The molecule has 2 aromatic heterocycles. The van der Waals surface area contributed by atoms with E-state index in [9.17, 15) is 4.79 Å². The van der Waals surface area contributed by atoms with Crippen LogP contribution in [0.1, 0.15) is 42.1 Å². The van der Waals surface area contributed by atoms with Crippen molar-refractivity contribution in [2.75, 3.05) is 18.0 Å². The highest BCUT2D eigenvalue weighted by molar-refractivity contribution is 6.30. The molecule has 1 amide bonds. The molecule has 1 aromatic carbocycles. The predicted octanol–water partition coefficient (Wildman–Crippen LogP) is 3.70. The van der Waals surface area contributed by atoms with Gasteiger partial charge in [0.1, 0.15) is 11.4 Å².